The predicted molar refractivity (Wildman–Crippen MR) is 56.1 cm³/mol. The highest BCUT2D eigenvalue weighted by molar-refractivity contribution is 5.41. The molecule has 2 rings (SSSR count). The molecule has 0 aromatic carbocycles. The number of nitrogens with one attached hydrogen (secondary N) is 1. The zero-order valence-electron chi connectivity index (χ0n) is 8.24. The van der Waals surface area contributed by atoms with E-state index in [0.717, 1.165) is 31.4 Å². The van der Waals surface area contributed by atoms with E-state index in [2.05, 4.69) is 10.3 Å². The lowest BCUT2D eigenvalue weighted by atomic mass is 10.0. The molecule has 0 aliphatic heterocycles. The first-order chi connectivity index (χ1) is 6.79. The Hall–Kier alpha value is -1.09. The van der Waals surface area contributed by atoms with Gasteiger partial charge in [0.15, 0.2) is 0 Å². The summed E-state index contributed by atoms with van der Waals surface area (Å²) in [5.74, 6) is 0. The molecule has 0 saturated heterocycles. The minimum absolute atomic E-state index is 0.483. The van der Waals surface area contributed by atoms with E-state index in [9.17, 15) is 5.11 Å². The van der Waals surface area contributed by atoms with E-state index in [4.69, 9.17) is 0 Å². The highest BCUT2D eigenvalue weighted by Gasteiger charge is 2.30. The zero-order chi connectivity index (χ0) is 9.86. The standard InChI is InChI=1S/C11H16N2O/c14-11(5-1-2-6-11)9-13-10-3-7-12-8-4-10/h3-4,7-8,14H,1-2,5-6,9H2,(H,12,13). The maximum absolute atomic E-state index is 10.1. The van der Waals surface area contributed by atoms with Gasteiger partial charge in [-0.3, -0.25) is 4.98 Å². The van der Waals surface area contributed by atoms with Crippen LogP contribution in [0.15, 0.2) is 24.5 Å². The summed E-state index contributed by atoms with van der Waals surface area (Å²) in [5.41, 5.74) is 0.545. The fourth-order valence-electron chi connectivity index (χ4n) is 1.95. The average Bonchev–Trinajstić information content (AvgIpc) is 2.65. The van der Waals surface area contributed by atoms with Crippen molar-refractivity contribution in [3.63, 3.8) is 0 Å². The second kappa shape index (κ2) is 3.96. The van der Waals surface area contributed by atoms with Gasteiger partial charge in [-0.25, -0.2) is 0 Å². The second-order valence-corrected chi connectivity index (χ2v) is 4.02. The van der Waals surface area contributed by atoms with Crippen molar-refractivity contribution in [2.24, 2.45) is 0 Å². The highest BCUT2D eigenvalue weighted by Crippen LogP contribution is 2.29. The molecule has 1 aromatic rings. The molecule has 0 unspecified atom stereocenters. The SMILES string of the molecule is OC1(CNc2ccncc2)CCCC1. The first kappa shape index (κ1) is 9.46. The third-order valence-electron chi connectivity index (χ3n) is 2.84. The van der Waals surface area contributed by atoms with Crippen LogP contribution in [0.4, 0.5) is 5.69 Å². The number of hydrogen-bond acceptors (Lipinski definition) is 3. The maximum Gasteiger partial charge on any atom is 0.0819 e. The van der Waals surface area contributed by atoms with Gasteiger partial charge in [-0.15, -0.1) is 0 Å². The number of pyridine rings is 1. The van der Waals surface area contributed by atoms with Crippen LogP contribution in [0.5, 0.6) is 0 Å². The average molecular weight is 192 g/mol. The lowest BCUT2D eigenvalue weighted by Crippen LogP contribution is -2.33. The summed E-state index contributed by atoms with van der Waals surface area (Å²) in [6.45, 7) is 0.650. The van der Waals surface area contributed by atoms with Gasteiger partial charge >= 0.3 is 0 Å². The summed E-state index contributed by atoms with van der Waals surface area (Å²) in [4.78, 5) is 3.94. The van der Waals surface area contributed by atoms with Crippen LogP contribution in [0.3, 0.4) is 0 Å². The van der Waals surface area contributed by atoms with Gasteiger partial charge in [0.05, 0.1) is 5.60 Å². The third-order valence-corrected chi connectivity index (χ3v) is 2.84. The molecule has 0 bridgehead atoms. The van der Waals surface area contributed by atoms with E-state index < -0.39 is 5.60 Å². The fraction of sp³-hybridized carbons (Fsp3) is 0.545. The smallest absolute Gasteiger partial charge is 0.0819 e. The van der Waals surface area contributed by atoms with Crippen molar-refractivity contribution in [2.75, 3.05) is 11.9 Å². The number of rotatable bonds is 3. The first-order valence-electron chi connectivity index (χ1n) is 5.15. The summed E-state index contributed by atoms with van der Waals surface area (Å²) in [7, 11) is 0. The Kier molecular flexibility index (Phi) is 2.68. The van der Waals surface area contributed by atoms with E-state index in [1.54, 1.807) is 12.4 Å². The van der Waals surface area contributed by atoms with Gasteiger partial charge in [-0.05, 0) is 25.0 Å². The van der Waals surface area contributed by atoms with Crippen LogP contribution in [0.1, 0.15) is 25.7 Å². The summed E-state index contributed by atoms with van der Waals surface area (Å²) in [5, 5.41) is 13.3. The number of aromatic nitrogens is 1. The van der Waals surface area contributed by atoms with Crippen LogP contribution in [-0.4, -0.2) is 22.2 Å². The van der Waals surface area contributed by atoms with Crippen molar-refractivity contribution in [3.8, 4) is 0 Å². The largest absolute Gasteiger partial charge is 0.388 e. The Bertz CT molecular complexity index is 281. The van der Waals surface area contributed by atoms with Crippen molar-refractivity contribution < 1.29 is 5.11 Å². The minimum Gasteiger partial charge on any atom is -0.388 e. The van der Waals surface area contributed by atoms with Crippen LogP contribution < -0.4 is 5.32 Å². The molecule has 14 heavy (non-hydrogen) atoms. The quantitative estimate of drug-likeness (QED) is 0.767. The monoisotopic (exact) mass is 192 g/mol. The number of aliphatic hydroxyl groups is 1. The van der Waals surface area contributed by atoms with E-state index in [0.29, 0.717) is 6.54 Å². The predicted octanol–water partition coefficient (Wildman–Crippen LogP) is 1.80. The van der Waals surface area contributed by atoms with Crippen LogP contribution in [0.2, 0.25) is 0 Å². The van der Waals surface area contributed by atoms with Crippen molar-refractivity contribution in [3.05, 3.63) is 24.5 Å². The normalized spacial score (nSPS) is 19.5. The Labute approximate surface area is 84.2 Å². The summed E-state index contributed by atoms with van der Waals surface area (Å²) in [6.07, 6.45) is 7.64. The molecule has 1 aliphatic carbocycles. The second-order valence-electron chi connectivity index (χ2n) is 4.02. The van der Waals surface area contributed by atoms with Crippen molar-refractivity contribution in [2.45, 2.75) is 31.3 Å². The third kappa shape index (κ3) is 2.23. The first-order valence-corrected chi connectivity index (χ1v) is 5.15. The molecule has 1 heterocycles. The molecule has 1 fully saturated rings. The highest BCUT2D eigenvalue weighted by atomic mass is 16.3. The molecule has 3 nitrogen and oxygen atoms in total. The molecule has 1 saturated carbocycles. The van der Waals surface area contributed by atoms with E-state index >= 15 is 0 Å². The molecule has 2 N–H and O–H groups in total. The molecule has 3 heteroatoms. The van der Waals surface area contributed by atoms with Crippen molar-refractivity contribution in [1.29, 1.82) is 0 Å². The lowest BCUT2D eigenvalue weighted by molar-refractivity contribution is 0.0615. The molecule has 0 spiro atoms. The van der Waals surface area contributed by atoms with E-state index in [1.807, 2.05) is 12.1 Å². The Morgan fingerprint density at radius 2 is 1.93 bits per heavy atom. The molecule has 76 valence electrons. The van der Waals surface area contributed by atoms with Gasteiger partial charge in [0.25, 0.3) is 0 Å². The zero-order valence-corrected chi connectivity index (χ0v) is 8.24. The molecular weight excluding hydrogens is 176 g/mol. The number of hydrogen-bond donors (Lipinski definition) is 2. The summed E-state index contributed by atoms with van der Waals surface area (Å²) < 4.78 is 0. The number of nitrogens with zero attached hydrogens (tertiary/aromatic N) is 1. The van der Waals surface area contributed by atoms with Gasteiger partial charge < -0.3 is 10.4 Å². The van der Waals surface area contributed by atoms with Gasteiger partial charge in [-0.2, -0.15) is 0 Å². The summed E-state index contributed by atoms with van der Waals surface area (Å²) in [6, 6.07) is 3.83. The van der Waals surface area contributed by atoms with Crippen molar-refractivity contribution in [1.82, 2.24) is 4.98 Å². The van der Waals surface area contributed by atoms with Crippen LogP contribution >= 0.6 is 0 Å². The van der Waals surface area contributed by atoms with Gasteiger partial charge in [0.1, 0.15) is 0 Å². The molecule has 1 aromatic heterocycles. The molecule has 0 radical (unpaired) electrons. The van der Waals surface area contributed by atoms with E-state index in [1.165, 1.54) is 0 Å². The van der Waals surface area contributed by atoms with Gasteiger partial charge in [0.2, 0.25) is 0 Å². The van der Waals surface area contributed by atoms with Crippen LogP contribution in [-0.2, 0) is 0 Å². The van der Waals surface area contributed by atoms with Crippen LogP contribution in [0.25, 0.3) is 0 Å². The van der Waals surface area contributed by atoms with Crippen molar-refractivity contribution >= 4 is 5.69 Å². The molecule has 0 atom stereocenters. The van der Waals surface area contributed by atoms with Crippen LogP contribution in [0, 0.1) is 0 Å². The lowest BCUT2D eigenvalue weighted by Gasteiger charge is -2.22. The fourth-order valence-corrected chi connectivity index (χ4v) is 1.95. The molecule has 0 amide bonds. The summed E-state index contributed by atoms with van der Waals surface area (Å²) >= 11 is 0. The molecular formula is C11H16N2O. The topological polar surface area (TPSA) is 45.1 Å². The van der Waals surface area contributed by atoms with E-state index in [-0.39, 0.29) is 0 Å². The Balaban J connectivity index is 1.88. The molecule has 1 aliphatic rings. The number of anilines is 1. The Morgan fingerprint density at radius 1 is 1.29 bits per heavy atom. The minimum atomic E-state index is -0.483. The maximum atomic E-state index is 10.1. The van der Waals surface area contributed by atoms with Gasteiger partial charge in [0, 0.05) is 24.6 Å². The van der Waals surface area contributed by atoms with Gasteiger partial charge in [-0.1, -0.05) is 12.8 Å². The Morgan fingerprint density at radius 3 is 2.57 bits per heavy atom.